The third-order valence-electron chi connectivity index (χ3n) is 3.07. The van der Waals surface area contributed by atoms with Gasteiger partial charge in [0.1, 0.15) is 5.75 Å². The SMILES string of the molecule is CC(C(=O)O)c1ccccc1.CC(Oc1ccccc1)C(=O)O. The average Bonchev–Trinajstić information content (AvgIpc) is 2.56. The number of carboxylic acid groups (broad SMARTS) is 2. The standard InChI is InChI=1S/C9H10O3.C9H10O2/c1-7(9(10)11)12-8-5-3-2-4-6-8;1-7(9(10)11)8-5-3-2-4-6-8/h2-7H,1H3,(H,10,11);2-7H,1H3,(H,10,11). The van der Waals surface area contributed by atoms with Crippen LogP contribution in [0.25, 0.3) is 0 Å². The third-order valence-corrected chi connectivity index (χ3v) is 3.07. The summed E-state index contributed by atoms with van der Waals surface area (Å²) in [4.78, 5) is 20.9. The van der Waals surface area contributed by atoms with Crippen molar-refractivity contribution in [1.82, 2.24) is 0 Å². The van der Waals surface area contributed by atoms with Crippen molar-refractivity contribution in [3.05, 3.63) is 66.2 Å². The molecule has 0 amide bonds. The molecule has 0 aliphatic carbocycles. The molecule has 0 heterocycles. The lowest BCUT2D eigenvalue weighted by Gasteiger charge is -2.09. The van der Waals surface area contributed by atoms with Crippen LogP contribution in [0.5, 0.6) is 5.75 Å². The van der Waals surface area contributed by atoms with Crippen molar-refractivity contribution < 1.29 is 24.5 Å². The predicted octanol–water partition coefficient (Wildman–Crippen LogP) is 3.41. The zero-order valence-corrected chi connectivity index (χ0v) is 13.0. The third kappa shape index (κ3) is 6.65. The van der Waals surface area contributed by atoms with E-state index in [-0.39, 0.29) is 0 Å². The van der Waals surface area contributed by atoms with E-state index in [9.17, 15) is 9.59 Å². The number of para-hydroxylation sites is 1. The maximum atomic E-state index is 10.5. The molecule has 0 aliphatic heterocycles. The highest BCUT2D eigenvalue weighted by Crippen LogP contribution is 2.13. The molecule has 2 aromatic rings. The van der Waals surface area contributed by atoms with Gasteiger partial charge in [-0.25, -0.2) is 4.79 Å². The Morgan fingerprint density at radius 2 is 1.30 bits per heavy atom. The largest absolute Gasteiger partial charge is 0.481 e. The number of hydrogen-bond donors (Lipinski definition) is 2. The average molecular weight is 316 g/mol. The fourth-order valence-corrected chi connectivity index (χ4v) is 1.64. The van der Waals surface area contributed by atoms with Crippen molar-refractivity contribution in [2.75, 3.05) is 0 Å². The van der Waals surface area contributed by atoms with E-state index in [2.05, 4.69) is 0 Å². The smallest absolute Gasteiger partial charge is 0.344 e. The van der Waals surface area contributed by atoms with E-state index in [1.165, 1.54) is 6.92 Å². The summed E-state index contributed by atoms with van der Waals surface area (Å²) in [6.45, 7) is 3.17. The second-order valence-corrected chi connectivity index (χ2v) is 4.88. The van der Waals surface area contributed by atoms with Crippen LogP contribution >= 0.6 is 0 Å². The summed E-state index contributed by atoms with van der Waals surface area (Å²) in [5.74, 6) is -1.57. The van der Waals surface area contributed by atoms with Gasteiger partial charge in [0, 0.05) is 0 Å². The molecule has 5 nitrogen and oxygen atoms in total. The zero-order valence-electron chi connectivity index (χ0n) is 13.0. The number of carboxylic acids is 2. The summed E-state index contributed by atoms with van der Waals surface area (Å²) in [7, 11) is 0. The van der Waals surface area contributed by atoms with Gasteiger partial charge in [0.05, 0.1) is 5.92 Å². The number of carbonyl (C=O) groups is 2. The first kappa shape index (κ1) is 18.2. The van der Waals surface area contributed by atoms with Crippen molar-refractivity contribution in [2.24, 2.45) is 0 Å². The molecular formula is C18H20O5. The number of ether oxygens (including phenoxy) is 1. The van der Waals surface area contributed by atoms with Crippen molar-refractivity contribution >= 4 is 11.9 Å². The minimum Gasteiger partial charge on any atom is -0.481 e. The van der Waals surface area contributed by atoms with Crippen LogP contribution in [0.3, 0.4) is 0 Å². The molecular weight excluding hydrogens is 296 g/mol. The zero-order chi connectivity index (χ0) is 17.2. The Kier molecular flexibility index (Phi) is 7.33. The van der Waals surface area contributed by atoms with Crippen LogP contribution in [0.2, 0.25) is 0 Å². The van der Waals surface area contributed by atoms with Crippen molar-refractivity contribution in [3.63, 3.8) is 0 Å². The van der Waals surface area contributed by atoms with Crippen LogP contribution in [0.4, 0.5) is 0 Å². The van der Waals surface area contributed by atoms with Crippen LogP contribution in [-0.4, -0.2) is 28.3 Å². The van der Waals surface area contributed by atoms with Gasteiger partial charge in [-0.3, -0.25) is 4.79 Å². The van der Waals surface area contributed by atoms with E-state index in [4.69, 9.17) is 14.9 Å². The molecule has 0 fully saturated rings. The molecule has 0 spiro atoms. The maximum Gasteiger partial charge on any atom is 0.344 e. The summed E-state index contributed by atoms with van der Waals surface area (Å²) in [5.41, 5.74) is 0.847. The Hall–Kier alpha value is -2.82. The molecule has 2 rings (SSSR count). The van der Waals surface area contributed by atoms with Gasteiger partial charge in [-0.1, -0.05) is 48.5 Å². The normalized spacial score (nSPS) is 12.3. The van der Waals surface area contributed by atoms with E-state index in [0.29, 0.717) is 5.75 Å². The van der Waals surface area contributed by atoms with Crippen molar-refractivity contribution in [3.8, 4) is 5.75 Å². The summed E-state index contributed by atoms with van der Waals surface area (Å²) in [6, 6.07) is 18.1. The highest BCUT2D eigenvalue weighted by molar-refractivity contribution is 5.75. The summed E-state index contributed by atoms with van der Waals surface area (Å²) in [6.07, 6.45) is -0.799. The van der Waals surface area contributed by atoms with Crippen LogP contribution < -0.4 is 4.74 Å². The number of benzene rings is 2. The Balaban J connectivity index is 0.000000231. The minimum absolute atomic E-state index is 0.406. The van der Waals surface area contributed by atoms with Gasteiger partial charge in [0.25, 0.3) is 0 Å². The van der Waals surface area contributed by atoms with E-state index >= 15 is 0 Å². The van der Waals surface area contributed by atoms with Crippen LogP contribution in [-0.2, 0) is 9.59 Å². The van der Waals surface area contributed by atoms with Crippen molar-refractivity contribution in [1.29, 1.82) is 0 Å². The molecule has 122 valence electrons. The Bertz CT molecular complexity index is 610. The minimum atomic E-state index is -0.959. The molecule has 2 aromatic carbocycles. The van der Waals surface area contributed by atoms with Gasteiger partial charge in [-0.15, -0.1) is 0 Å². The summed E-state index contributed by atoms with van der Waals surface area (Å²) >= 11 is 0. The number of hydrogen-bond acceptors (Lipinski definition) is 3. The Morgan fingerprint density at radius 3 is 1.74 bits per heavy atom. The van der Waals surface area contributed by atoms with Crippen LogP contribution in [0.15, 0.2) is 60.7 Å². The van der Waals surface area contributed by atoms with Gasteiger partial charge in [-0.2, -0.15) is 0 Å². The molecule has 2 unspecified atom stereocenters. The van der Waals surface area contributed by atoms with E-state index in [0.717, 1.165) is 5.56 Å². The van der Waals surface area contributed by atoms with Crippen molar-refractivity contribution in [2.45, 2.75) is 25.9 Å². The lowest BCUT2D eigenvalue weighted by molar-refractivity contribution is -0.144. The van der Waals surface area contributed by atoms with E-state index in [1.807, 2.05) is 36.4 Å². The molecule has 0 saturated carbocycles. The van der Waals surface area contributed by atoms with Gasteiger partial charge in [0.2, 0.25) is 0 Å². The highest BCUT2D eigenvalue weighted by atomic mass is 16.5. The van der Waals surface area contributed by atoms with Gasteiger partial charge >= 0.3 is 11.9 Å². The first-order valence-corrected chi connectivity index (χ1v) is 7.14. The number of aliphatic carboxylic acids is 2. The summed E-state index contributed by atoms with van der Waals surface area (Å²) < 4.78 is 5.08. The van der Waals surface area contributed by atoms with Crippen LogP contribution in [0.1, 0.15) is 25.3 Å². The predicted molar refractivity (Wildman–Crippen MR) is 86.7 cm³/mol. The molecule has 23 heavy (non-hydrogen) atoms. The molecule has 5 heteroatoms. The molecule has 0 aromatic heterocycles. The first-order valence-electron chi connectivity index (χ1n) is 7.14. The van der Waals surface area contributed by atoms with Gasteiger partial charge < -0.3 is 14.9 Å². The van der Waals surface area contributed by atoms with Crippen LogP contribution in [0, 0.1) is 0 Å². The fraction of sp³-hybridized carbons (Fsp3) is 0.222. The van der Waals surface area contributed by atoms with E-state index in [1.54, 1.807) is 31.2 Å². The van der Waals surface area contributed by atoms with Gasteiger partial charge in [0.15, 0.2) is 6.10 Å². The molecule has 0 bridgehead atoms. The Labute approximate surface area is 135 Å². The molecule has 2 atom stereocenters. The molecule has 2 N–H and O–H groups in total. The highest BCUT2D eigenvalue weighted by Gasteiger charge is 2.12. The quantitative estimate of drug-likeness (QED) is 0.883. The molecule has 0 aliphatic rings. The molecule has 0 saturated heterocycles. The number of rotatable bonds is 5. The van der Waals surface area contributed by atoms with Gasteiger partial charge in [-0.05, 0) is 31.5 Å². The fourth-order valence-electron chi connectivity index (χ4n) is 1.64. The first-order chi connectivity index (χ1) is 10.9. The topological polar surface area (TPSA) is 83.8 Å². The molecule has 0 radical (unpaired) electrons. The second-order valence-electron chi connectivity index (χ2n) is 4.88. The lowest BCUT2D eigenvalue weighted by atomic mass is 10.0. The van der Waals surface area contributed by atoms with E-state index < -0.39 is 24.0 Å². The second kappa shape index (κ2) is 9.25. The maximum absolute atomic E-state index is 10.5. The summed E-state index contributed by atoms with van der Waals surface area (Å²) in [5, 5.41) is 17.2. The monoisotopic (exact) mass is 316 g/mol. The lowest BCUT2D eigenvalue weighted by Crippen LogP contribution is -2.22. The Morgan fingerprint density at radius 1 is 0.826 bits per heavy atom.